The molecule has 7 nitrogen and oxygen atoms in total. The minimum Gasteiger partial charge on any atom is -0.493 e. The molecule has 158 valence electrons. The van der Waals surface area contributed by atoms with Crippen molar-refractivity contribution in [1.29, 1.82) is 0 Å². The van der Waals surface area contributed by atoms with E-state index in [9.17, 15) is 0 Å². The van der Waals surface area contributed by atoms with Crippen LogP contribution in [0.5, 0.6) is 5.75 Å². The second-order valence-electron chi connectivity index (χ2n) is 8.23. The van der Waals surface area contributed by atoms with E-state index in [0.29, 0.717) is 17.9 Å². The standard InChI is InChI=1S/C22H34N6O/c1-27-22(25-21(23)26-27)24-13-3-6-16-29-20-12-8-9-17-18(20)10-7-11-19(17)28-14-4-2-5-15-28/h8-9,12,19H,2-7,10-11,13-16H2,1H3,(H3,23,24,25,26). The second-order valence-corrected chi connectivity index (χ2v) is 8.23. The van der Waals surface area contributed by atoms with Gasteiger partial charge in [-0.3, -0.25) is 4.90 Å². The number of nitrogen functional groups attached to an aromatic ring is 1. The molecular formula is C22H34N6O. The predicted octanol–water partition coefficient (Wildman–Crippen LogP) is 3.53. The third-order valence-electron chi connectivity index (χ3n) is 6.16. The van der Waals surface area contributed by atoms with Crippen LogP contribution in [-0.4, -0.2) is 45.9 Å². The summed E-state index contributed by atoms with van der Waals surface area (Å²) in [7, 11) is 1.84. The maximum atomic E-state index is 6.22. The molecule has 7 heteroatoms. The molecule has 0 radical (unpaired) electrons. The summed E-state index contributed by atoms with van der Waals surface area (Å²) < 4.78 is 7.89. The summed E-state index contributed by atoms with van der Waals surface area (Å²) in [6.45, 7) is 4.07. The zero-order chi connectivity index (χ0) is 20.1. The molecule has 0 spiro atoms. The van der Waals surface area contributed by atoms with E-state index >= 15 is 0 Å². The van der Waals surface area contributed by atoms with Crippen LogP contribution in [0.4, 0.5) is 11.9 Å². The quantitative estimate of drug-likeness (QED) is 0.662. The van der Waals surface area contributed by atoms with Crippen LogP contribution in [0.25, 0.3) is 0 Å². The molecule has 1 aliphatic carbocycles. The number of benzene rings is 1. The van der Waals surface area contributed by atoms with Crippen molar-refractivity contribution < 1.29 is 4.74 Å². The van der Waals surface area contributed by atoms with Crippen LogP contribution in [0, 0.1) is 0 Å². The van der Waals surface area contributed by atoms with Gasteiger partial charge in [0, 0.05) is 19.6 Å². The highest BCUT2D eigenvalue weighted by Crippen LogP contribution is 2.39. The fourth-order valence-electron chi connectivity index (χ4n) is 4.70. The van der Waals surface area contributed by atoms with Gasteiger partial charge in [-0.1, -0.05) is 18.6 Å². The first-order chi connectivity index (χ1) is 14.2. The molecule has 0 saturated carbocycles. The van der Waals surface area contributed by atoms with Crippen molar-refractivity contribution in [3.05, 3.63) is 29.3 Å². The van der Waals surface area contributed by atoms with E-state index in [1.807, 2.05) is 7.05 Å². The normalized spacial score (nSPS) is 19.7. The van der Waals surface area contributed by atoms with Gasteiger partial charge < -0.3 is 15.8 Å². The molecule has 0 amide bonds. The van der Waals surface area contributed by atoms with Crippen LogP contribution < -0.4 is 15.8 Å². The lowest BCUT2D eigenvalue weighted by molar-refractivity contribution is 0.147. The van der Waals surface area contributed by atoms with E-state index in [1.54, 1.807) is 4.68 Å². The lowest BCUT2D eigenvalue weighted by atomic mass is 9.85. The zero-order valence-corrected chi connectivity index (χ0v) is 17.6. The fourth-order valence-corrected chi connectivity index (χ4v) is 4.70. The number of likely N-dealkylation sites (tertiary alicyclic amines) is 1. The first-order valence-corrected chi connectivity index (χ1v) is 11.1. The number of ether oxygens (including phenoxy) is 1. The number of aromatic nitrogens is 3. The summed E-state index contributed by atoms with van der Waals surface area (Å²) in [5, 5.41) is 7.31. The van der Waals surface area contributed by atoms with Crippen LogP contribution in [0.1, 0.15) is 62.1 Å². The molecule has 1 unspecified atom stereocenters. The van der Waals surface area contributed by atoms with E-state index in [1.165, 1.54) is 56.3 Å². The lowest BCUT2D eigenvalue weighted by Crippen LogP contribution is -2.35. The molecule has 1 atom stereocenters. The van der Waals surface area contributed by atoms with Crippen LogP contribution in [0.3, 0.4) is 0 Å². The molecule has 1 aromatic carbocycles. The van der Waals surface area contributed by atoms with Crippen molar-refractivity contribution in [3.63, 3.8) is 0 Å². The Kier molecular flexibility index (Phi) is 6.54. The molecular weight excluding hydrogens is 364 g/mol. The molecule has 2 aromatic rings. The summed E-state index contributed by atoms with van der Waals surface area (Å²) in [6.07, 6.45) is 9.78. The van der Waals surface area contributed by atoms with Crippen molar-refractivity contribution in [1.82, 2.24) is 19.7 Å². The van der Waals surface area contributed by atoms with Gasteiger partial charge in [-0.05, 0) is 75.2 Å². The summed E-state index contributed by atoms with van der Waals surface area (Å²) in [4.78, 5) is 6.86. The van der Waals surface area contributed by atoms with Gasteiger partial charge in [0.15, 0.2) is 0 Å². The Morgan fingerprint density at radius 1 is 1.17 bits per heavy atom. The summed E-state index contributed by atoms with van der Waals surface area (Å²) in [6, 6.07) is 7.25. The van der Waals surface area contributed by atoms with Crippen LogP contribution in [-0.2, 0) is 13.5 Å². The number of hydrogen-bond acceptors (Lipinski definition) is 6. The van der Waals surface area contributed by atoms with E-state index in [4.69, 9.17) is 10.5 Å². The van der Waals surface area contributed by atoms with E-state index in [2.05, 4.69) is 38.5 Å². The van der Waals surface area contributed by atoms with Gasteiger partial charge in [-0.2, -0.15) is 4.98 Å². The highest BCUT2D eigenvalue weighted by molar-refractivity contribution is 5.43. The van der Waals surface area contributed by atoms with Gasteiger partial charge in [-0.25, -0.2) is 4.68 Å². The van der Waals surface area contributed by atoms with E-state index < -0.39 is 0 Å². The Balaban J connectivity index is 1.28. The van der Waals surface area contributed by atoms with Gasteiger partial charge in [0.2, 0.25) is 11.9 Å². The average Bonchev–Trinajstić information content (AvgIpc) is 3.07. The molecule has 2 aliphatic rings. The minimum atomic E-state index is 0.301. The molecule has 1 fully saturated rings. The third kappa shape index (κ3) is 4.83. The number of anilines is 2. The van der Waals surface area contributed by atoms with Gasteiger partial charge in [0.25, 0.3) is 0 Å². The number of rotatable bonds is 8. The van der Waals surface area contributed by atoms with Crippen LogP contribution in [0.2, 0.25) is 0 Å². The molecule has 1 saturated heterocycles. The minimum absolute atomic E-state index is 0.301. The molecule has 2 heterocycles. The highest BCUT2D eigenvalue weighted by Gasteiger charge is 2.28. The summed E-state index contributed by atoms with van der Waals surface area (Å²) in [5.74, 6) is 2.11. The summed E-state index contributed by atoms with van der Waals surface area (Å²) >= 11 is 0. The number of aryl methyl sites for hydroxylation is 1. The Morgan fingerprint density at radius 2 is 2.03 bits per heavy atom. The number of nitrogens with one attached hydrogen (secondary N) is 1. The maximum Gasteiger partial charge on any atom is 0.241 e. The first kappa shape index (κ1) is 20.0. The SMILES string of the molecule is Cn1nc(N)nc1NCCCCOc1cccc2c1CCCC2N1CCCCC1. The Hall–Kier alpha value is -2.28. The predicted molar refractivity (Wildman–Crippen MR) is 116 cm³/mol. The van der Waals surface area contributed by atoms with Gasteiger partial charge in [-0.15, -0.1) is 5.10 Å². The lowest BCUT2D eigenvalue weighted by Gasteiger charge is -2.38. The molecule has 1 aliphatic heterocycles. The van der Waals surface area contributed by atoms with Gasteiger partial charge >= 0.3 is 0 Å². The first-order valence-electron chi connectivity index (χ1n) is 11.1. The molecule has 3 N–H and O–H groups in total. The third-order valence-corrected chi connectivity index (χ3v) is 6.16. The number of hydrogen-bond donors (Lipinski definition) is 2. The topological polar surface area (TPSA) is 81.2 Å². The monoisotopic (exact) mass is 398 g/mol. The number of nitrogens with zero attached hydrogens (tertiary/aromatic N) is 4. The van der Waals surface area contributed by atoms with E-state index in [-0.39, 0.29) is 0 Å². The van der Waals surface area contributed by atoms with Crippen molar-refractivity contribution in [2.75, 3.05) is 37.3 Å². The average molecular weight is 399 g/mol. The summed E-state index contributed by atoms with van der Waals surface area (Å²) in [5.41, 5.74) is 8.56. The number of fused-ring (bicyclic) bond motifs is 1. The molecule has 1 aromatic heterocycles. The van der Waals surface area contributed by atoms with Crippen LogP contribution in [0.15, 0.2) is 18.2 Å². The van der Waals surface area contributed by atoms with E-state index in [0.717, 1.165) is 38.2 Å². The Morgan fingerprint density at radius 3 is 2.83 bits per heavy atom. The maximum absolute atomic E-state index is 6.22. The van der Waals surface area contributed by atoms with Crippen molar-refractivity contribution >= 4 is 11.9 Å². The number of piperidine rings is 1. The van der Waals surface area contributed by atoms with Crippen molar-refractivity contribution in [2.45, 2.75) is 57.4 Å². The highest BCUT2D eigenvalue weighted by atomic mass is 16.5. The largest absolute Gasteiger partial charge is 0.493 e. The van der Waals surface area contributed by atoms with Crippen molar-refractivity contribution in [2.24, 2.45) is 7.05 Å². The van der Waals surface area contributed by atoms with Gasteiger partial charge in [0.1, 0.15) is 5.75 Å². The molecule has 29 heavy (non-hydrogen) atoms. The van der Waals surface area contributed by atoms with Crippen molar-refractivity contribution in [3.8, 4) is 5.75 Å². The Bertz CT molecular complexity index is 799. The smallest absolute Gasteiger partial charge is 0.241 e. The number of nitrogens with two attached hydrogens (primary N) is 1. The fraction of sp³-hybridized carbons (Fsp3) is 0.636. The number of unbranched alkanes of at least 4 members (excludes halogenated alkanes) is 1. The zero-order valence-electron chi connectivity index (χ0n) is 17.6. The molecule has 0 bridgehead atoms. The van der Waals surface area contributed by atoms with Gasteiger partial charge in [0.05, 0.1) is 6.61 Å². The second kappa shape index (κ2) is 9.48. The van der Waals surface area contributed by atoms with Crippen LogP contribution >= 0.6 is 0 Å². The Labute approximate surface area is 173 Å². The molecule has 4 rings (SSSR count).